The molecule has 1 aliphatic rings. The lowest BCUT2D eigenvalue weighted by Gasteiger charge is -2.23. The van der Waals surface area contributed by atoms with Crippen molar-refractivity contribution in [1.82, 2.24) is 4.90 Å². The van der Waals surface area contributed by atoms with Gasteiger partial charge in [0.15, 0.2) is 5.11 Å². The number of carbonyl (C=O) groups is 2. The summed E-state index contributed by atoms with van der Waals surface area (Å²) in [5.41, 5.74) is 1.29. The van der Waals surface area contributed by atoms with Crippen molar-refractivity contribution in [2.24, 2.45) is 0 Å². The van der Waals surface area contributed by atoms with Gasteiger partial charge in [-0.15, -0.1) is 11.3 Å². The second-order valence-corrected chi connectivity index (χ2v) is 9.30. The number of methoxy groups -OCH3 is 1. The Hall–Kier alpha value is -3.43. The number of thiocarbonyl (C=S) groups is 1. The first-order valence-electron chi connectivity index (χ1n) is 11.3. The zero-order valence-corrected chi connectivity index (χ0v) is 21.2. The molecule has 1 fully saturated rings. The molecule has 0 radical (unpaired) electrons. The van der Waals surface area contributed by atoms with Gasteiger partial charge in [0.1, 0.15) is 17.5 Å². The number of hydrogen-bond acceptors (Lipinski definition) is 6. The fourth-order valence-corrected chi connectivity index (χ4v) is 5.04. The van der Waals surface area contributed by atoms with Crippen molar-refractivity contribution in [3.8, 4) is 11.5 Å². The average Bonchev–Trinajstić information content (AvgIpc) is 3.46. The molecule has 1 aliphatic heterocycles. The van der Waals surface area contributed by atoms with Crippen LogP contribution < -0.4 is 19.7 Å². The smallest absolute Gasteiger partial charge is 0.256 e. The quantitative estimate of drug-likeness (QED) is 0.399. The van der Waals surface area contributed by atoms with E-state index in [1.54, 1.807) is 67.0 Å². The van der Waals surface area contributed by atoms with E-state index in [0.29, 0.717) is 35.4 Å². The minimum absolute atomic E-state index is 0.0106. The Labute approximate surface area is 214 Å². The summed E-state index contributed by atoms with van der Waals surface area (Å²) < 4.78 is 10.7. The first-order chi connectivity index (χ1) is 17.0. The Balaban J connectivity index is 1.51. The molecule has 9 heteroatoms. The standard InChI is InChI=1S/C26H27N3O4S2/c1-3-33-21-10-6-18(7-11-21)27-24(30)17-23-25(31)29(19-8-12-20(32-2)13-9-19)26(34)28(23)15-14-22-5-4-16-35-22/h4-13,16,23H,3,14-15,17H2,1-2H3,(H,27,30)/t23-/m0/s1. The second kappa shape index (κ2) is 11.3. The first kappa shape index (κ1) is 24.7. The lowest BCUT2D eigenvalue weighted by molar-refractivity contribution is -0.124. The van der Waals surface area contributed by atoms with Crippen molar-refractivity contribution in [3.05, 3.63) is 70.9 Å². The molecule has 1 atom stereocenters. The van der Waals surface area contributed by atoms with E-state index in [4.69, 9.17) is 21.7 Å². The normalized spacial score (nSPS) is 15.4. The Kier molecular flexibility index (Phi) is 7.99. The highest BCUT2D eigenvalue weighted by Gasteiger charge is 2.43. The Morgan fingerprint density at radius 3 is 2.43 bits per heavy atom. The highest BCUT2D eigenvalue weighted by Crippen LogP contribution is 2.29. The largest absolute Gasteiger partial charge is 0.497 e. The van der Waals surface area contributed by atoms with E-state index in [9.17, 15) is 9.59 Å². The van der Waals surface area contributed by atoms with Gasteiger partial charge < -0.3 is 19.7 Å². The van der Waals surface area contributed by atoms with E-state index in [1.807, 2.05) is 23.3 Å². The molecule has 35 heavy (non-hydrogen) atoms. The Bertz CT molecular complexity index is 1160. The third-order valence-corrected chi connectivity index (χ3v) is 7.01. The average molecular weight is 510 g/mol. The van der Waals surface area contributed by atoms with Gasteiger partial charge >= 0.3 is 0 Å². The first-order valence-corrected chi connectivity index (χ1v) is 12.6. The van der Waals surface area contributed by atoms with Crippen molar-refractivity contribution in [1.29, 1.82) is 0 Å². The van der Waals surface area contributed by atoms with E-state index in [-0.39, 0.29) is 18.2 Å². The molecule has 7 nitrogen and oxygen atoms in total. The maximum absolute atomic E-state index is 13.5. The summed E-state index contributed by atoms with van der Waals surface area (Å²) in [4.78, 5) is 31.0. The van der Waals surface area contributed by atoms with Crippen LogP contribution in [0.25, 0.3) is 0 Å². The van der Waals surface area contributed by atoms with Crippen LogP contribution in [-0.2, 0) is 16.0 Å². The maximum Gasteiger partial charge on any atom is 0.256 e. The summed E-state index contributed by atoms with van der Waals surface area (Å²) >= 11 is 7.39. The lowest BCUT2D eigenvalue weighted by atomic mass is 10.1. The van der Waals surface area contributed by atoms with Gasteiger partial charge in [-0.05, 0) is 85.5 Å². The fraction of sp³-hybridized carbons (Fsp3) is 0.269. The molecule has 2 aromatic carbocycles. The number of ether oxygens (including phenoxy) is 2. The molecule has 0 bridgehead atoms. The van der Waals surface area contributed by atoms with E-state index in [2.05, 4.69) is 11.4 Å². The van der Waals surface area contributed by atoms with Crippen molar-refractivity contribution >= 4 is 51.9 Å². The monoisotopic (exact) mass is 509 g/mol. The summed E-state index contributed by atoms with van der Waals surface area (Å²) in [6.45, 7) is 3.03. The number of benzene rings is 2. The molecule has 1 aromatic heterocycles. The maximum atomic E-state index is 13.5. The fourth-order valence-electron chi connectivity index (χ4n) is 3.93. The number of thiophene rings is 1. The number of anilines is 2. The van der Waals surface area contributed by atoms with Crippen LogP contribution in [0.4, 0.5) is 11.4 Å². The van der Waals surface area contributed by atoms with E-state index < -0.39 is 6.04 Å². The third kappa shape index (κ3) is 5.80. The van der Waals surface area contributed by atoms with Gasteiger partial charge in [0, 0.05) is 17.1 Å². The van der Waals surface area contributed by atoms with Crippen molar-refractivity contribution in [2.75, 3.05) is 30.5 Å². The van der Waals surface area contributed by atoms with Gasteiger partial charge in [-0.3, -0.25) is 14.5 Å². The van der Waals surface area contributed by atoms with Crippen LogP contribution in [0.3, 0.4) is 0 Å². The molecule has 2 heterocycles. The van der Waals surface area contributed by atoms with Gasteiger partial charge in [0.05, 0.1) is 25.8 Å². The minimum Gasteiger partial charge on any atom is -0.497 e. The molecular weight excluding hydrogens is 482 g/mol. The van der Waals surface area contributed by atoms with E-state index in [1.165, 1.54) is 9.78 Å². The number of nitrogens with zero attached hydrogens (tertiary/aromatic N) is 2. The van der Waals surface area contributed by atoms with Crippen LogP contribution in [0.5, 0.6) is 11.5 Å². The number of amides is 2. The molecule has 2 amide bonds. The number of nitrogens with one attached hydrogen (secondary N) is 1. The SMILES string of the molecule is CCOc1ccc(NC(=O)C[C@H]2C(=O)N(c3ccc(OC)cc3)C(=S)N2CCc2cccs2)cc1. The summed E-state index contributed by atoms with van der Waals surface area (Å²) in [6, 6.07) is 17.7. The highest BCUT2D eigenvalue weighted by atomic mass is 32.1. The molecule has 0 unspecified atom stereocenters. The number of carbonyl (C=O) groups excluding carboxylic acids is 2. The molecule has 1 saturated heterocycles. The van der Waals surface area contributed by atoms with Crippen LogP contribution in [0.15, 0.2) is 66.0 Å². The summed E-state index contributed by atoms with van der Waals surface area (Å²) in [6.07, 6.45) is 0.724. The molecule has 0 saturated carbocycles. The lowest BCUT2D eigenvalue weighted by Crippen LogP contribution is -2.39. The van der Waals surface area contributed by atoms with E-state index in [0.717, 1.165) is 12.2 Å². The molecular formula is C26H27N3O4S2. The summed E-state index contributed by atoms with van der Waals surface area (Å²) in [5, 5.41) is 5.30. The predicted octanol–water partition coefficient (Wildman–Crippen LogP) is 4.73. The molecule has 0 spiro atoms. The zero-order valence-electron chi connectivity index (χ0n) is 19.6. The molecule has 1 N–H and O–H groups in total. The van der Waals surface area contributed by atoms with Crippen molar-refractivity contribution in [2.45, 2.75) is 25.8 Å². The predicted molar refractivity (Wildman–Crippen MR) is 142 cm³/mol. The summed E-state index contributed by atoms with van der Waals surface area (Å²) in [5.74, 6) is 0.949. The molecule has 4 rings (SSSR count). The van der Waals surface area contributed by atoms with Crippen LogP contribution >= 0.6 is 23.6 Å². The van der Waals surface area contributed by atoms with Crippen molar-refractivity contribution in [3.63, 3.8) is 0 Å². The summed E-state index contributed by atoms with van der Waals surface area (Å²) in [7, 11) is 1.59. The van der Waals surface area contributed by atoms with Gasteiger partial charge in [-0.2, -0.15) is 0 Å². The van der Waals surface area contributed by atoms with Gasteiger partial charge in [-0.1, -0.05) is 6.07 Å². The molecule has 0 aliphatic carbocycles. The Morgan fingerprint density at radius 1 is 1.09 bits per heavy atom. The zero-order chi connectivity index (χ0) is 24.8. The van der Waals surface area contributed by atoms with Crippen LogP contribution in [0, 0.1) is 0 Å². The van der Waals surface area contributed by atoms with Crippen LogP contribution in [0.2, 0.25) is 0 Å². The molecule has 3 aromatic rings. The van der Waals surface area contributed by atoms with Crippen molar-refractivity contribution < 1.29 is 19.1 Å². The number of hydrogen-bond donors (Lipinski definition) is 1. The third-order valence-electron chi connectivity index (χ3n) is 5.66. The molecule has 182 valence electrons. The number of rotatable bonds is 10. The highest BCUT2D eigenvalue weighted by molar-refractivity contribution is 7.80. The Morgan fingerprint density at radius 2 is 1.80 bits per heavy atom. The van der Waals surface area contributed by atoms with Crippen LogP contribution in [-0.4, -0.2) is 48.1 Å². The van der Waals surface area contributed by atoms with Gasteiger partial charge in [-0.25, -0.2) is 0 Å². The second-order valence-electron chi connectivity index (χ2n) is 7.90. The minimum atomic E-state index is -0.688. The van der Waals surface area contributed by atoms with E-state index >= 15 is 0 Å². The topological polar surface area (TPSA) is 71.1 Å². The van der Waals surface area contributed by atoms with Gasteiger partial charge in [0.2, 0.25) is 5.91 Å². The van der Waals surface area contributed by atoms with Crippen LogP contribution in [0.1, 0.15) is 18.2 Å². The van der Waals surface area contributed by atoms with Gasteiger partial charge in [0.25, 0.3) is 5.91 Å².